The lowest BCUT2D eigenvalue weighted by Crippen LogP contribution is -2.25. The Morgan fingerprint density at radius 3 is 2.37 bits per heavy atom. The minimum absolute atomic E-state index is 0.466. The zero-order chi connectivity index (χ0) is 14.3. The number of rotatable bonds is 7. The SMILES string of the molecule is C=C(/C=C(/OCc1ccccc1)O[Si](C)(C)C)OC. The van der Waals surface area contributed by atoms with Crippen LogP contribution in [0, 0.1) is 0 Å². The molecule has 104 valence electrons. The first-order chi connectivity index (χ1) is 8.90. The Morgan fingerprint density at radius 2 is 1.84 bits per heavy atom. The van der Waals surface area contributed by atoms with Crippen molar-refractivity contribution in [2.75, 3.05) is 7.11 Å². The van der Waals surface area contributed by atoms with Crippen LogP contribution in [-0.2, 0) is 20.5 Å². The summed E-state index contributed by atoms with van der Waals surface area (Å²) in [5, 5.41) is 0. The normalized spacial score (nSPS) is 11.9. The number of ether oxygens (including phenoxy) is 2. The highest BCUT2D eigenvalue weighted by Gasteiger charge is 2.19. The zero-order valence-electron chi connectivity index (χ0n) is 12.1. The van der Waals surface area contributed by atoms with E-state index in [0.29, 0.717) is 18.3 Å². The molecule has 0 saturated carbocycles. The monoisotopic (exact) mass is 278 g/mol. The Bertz CT molecular complexity index is 432. The highest BCUT2D eigenvalue weighted by atomic mass is 28.4. The van der Waals surface area contributed by atoms with Crippen LogP contribution >= 0.6 is 0 Å². The average molecular weight is 278 g/mol. The van der Waals surface area contributed by atoms with Crippen LogP contribution in [0.4, 0.5) is 0 Å². The van der Waals surface area contributed by atoms with Crippen molar-refractivity contribution in [2.24, 2.45) is 0 Å². The molecule has 0 spiro atoms. The second-order valence-electron chi connectivity index (χ2n) is 5.12. The van der Waals surface area contributed by atoms with Crippen LogP contribution in [0.1, 0.15) is 5.56 Å². The molecule has 0 saturated heterocycles. The molecule has 0 fully saturated rings. The smallest absolute Gasteiger partial charge is 0.269 e. The predicted molar refractivity (Wildman–Crippen MR) is 79.9 cm³/mol. The molecule has 4 heteroatoms. The van der Waals surface area contributed by atoms with E-state index in [1.165, 1.54) is 0 Å². The zero-order valence-corrected chi connectivity index (χ0v) is 13.1. The Labute approximate surface area is 116 Å². The minimum Gasteiger partial charge on any atom is -0.520 e. The molecule has 0 amide bonds. The van der Waals surface area contributed by atoms with Crippen molar-refractivity contribution in [3.05, 3.63) is 60.3 Å². The molecule has 0 heterocycles. The summed E-state index contributed by atoms with van der Waals surface area (Å²) in [4.78, 5) is 0. The molecule has 0 N–H and O–H groups in total. The van der Waals surface area contributed by atoms with Gasteiger partial charge in [0.25, 0.3) is 5.95 Å². The summed E-state index contributed by atoms with van der Waals surface area (Å²) in [7, 11) is -0.156. The van der Waals surface area contributed by atoms with Gasteiger partial charge in [-0.15, -0.1) is 0 Å². The summed E-state index contributed by atoms with van der Waals surface area (Å²) in [6.45, 7) is 10.5. The fourth-order valence-electron chi connectivity index (χ4n) is 1.32. The largest absolute Gasteiger partial charge is 0.520 e. The highest BCUT2D eigenvalue weighted by Crippen LogP contribution is 2.15. The summed E-state index contributed by atoms with van der Waals surface area (Å²) >= 11 is 0. The van der Waals surface area contributed by atoms with Crippen LogP contribution < -0.4 is 0 Å². The molecule has 0 radical (unpaired) electrons. The van der Waals surface area contributed by atoms with Gasteiger partial charge in [-0.05, 0) is 25.2 Å². The second-order valence-corrected chi connectivity index (χ2v) is 9.55. The van der Waals surface area contributed by atoms with E-state index in [-0.39, 0.29) is 0 Å². The Morgan fingerprint density at radius 1 is 1.21 bits per heavy atom. The lowest BCUT2D eigenvalue weighted by Gasteiger charge is -2.22. The van der Waals surface area contributed by atoms with Crippen molar-refractivity contribution in [1.29, 1.82) is 0 Å². The third-order valence-corrected chi connectivity index (χ3v) is 2.99. The highest BCUT2D eigenvalue weighted by molar-refractivity contribution is 6.70. The van der Waals surface area contributed by atoms with E-state index in [2.05, 4.69) is 26.2 Å². The fraction of sp³-hybridized carbons (Fsp3) is 0.333. The van der Waals surface area contributed by atoms with Crippen molar-refractivity contribution in [3.8, 4) is 0 Å². The topological polar surface area (TPSA) is 27.7 Å². The van der Waals surface area contributed by atoms with Crippen LogP contribution in [0.2, 0.25) is 19.6 Å². The van der Waals surface area contributed by atoms with Crippen LogP contribution in [0.25, 0.3) is 0 Å². The van der Waals surface area contributed by atoms with Crippen LogP contribution in [0.3, 0.4) is 0 Å². The molecule has 0 bridgehead atoms. The van der Waals surface area contributed by atoms with Gasteiger partial charge in [0.15, 0.2) is 0 Å². The fourth-order valence-corrected chi connectivity index (χ4v) is 2.04. The van der Waals surface area contributed by atoms with E-state index < -0.39 is 8.32 Å². The van der Waals surface area contributed by atoms with Crippen molar-refractivity contribution < 1.29 is 13.9 Å². The second kappa shape index (κ2) is 7.04. The van der Waals surface area contributed by atoms with Gasteiger partial charge < -0.3 is 13.9 Å². The van der Waals surface area contributed by atoms with E-state index in [4.69, 9.17) is 13.9 Å². The van der Waals surface area contributed by atoms with E-state index >= 15 is 0 Å². The molecule has 0 aromatic heterocycles. The molecule has 0 aliphatic rings. The summed E-state index contributed by atoms with van der Waals surface area (Å²) < 4.78 is 16.6. The van der Waals surface area contributed by atoms with Gasteiger partial charge in [0.2, 0.25) is 8.32 Å². The van der Waals surface area contributed by atoms with Crippen LogP contribution in [0.15, 0.2) is 54.7 Å². The maximum Gasteiger partial charge on any atom is 0.269 e. The van der Waals surface area contributed by atoms with Gasteiger partial charge >= 0.3 is 0 Å². The molecule has 19 heavy (non-hydrogen) atoms. The maximum absolute atomic E-state index is 5.87. The number of methoxy groups -OCH3 is 1. The third kappa shape index (κ3) is 6.72. The van der Waals surface area contributed by atoms with Gasteiger partial charge in [0.05, 0.1) is 13.2 Å². The number of hydrogen-bond acceptors (Lipinski definition) is 3. The lowest BCUT2D eigenvalue weighted by molar-refractivity contribution is 0.0900. The van der Waals surface area contributed by atoms with E-state index in [9.17, 15) is 0 Å². The molecular formula is C15H22O3Si. The molecule has 0 atom stereocenters. The van der Waals surface area contributed by atoms with E-state index in [0.717, 1.165) is 5.56 Å². The van der Waals surface area contributed by atoms with Gasteiger partial charge in [-0.25, -0.2) is 0 Å². The molecule has 1 aromatic carbocycles. The first kappa shape index (κ1) is 15.4. The standard InChI is InChI=1S/C15H22O3Si/c1-13(16-2)11-15(18-19(3,4)5)17-12-14-9-7-6-8-10-14/h6-11H,1,12H2,2-5H3/b15-11-. The maximum atomic E-state index is 5.87. The van der Waals surface area contributed by atoms with Crippen molar-refractivity contribution in [3.63, 3.8) is 0 Å². The molecule has 1 rings (SSSR count). The number of benzene rings is 1. The average Bonchev–Trinajstić information content (AvgIpc) is 2.35. The molecule has 0 unspecified atom stereocenters. The Kier molecular flexibility index (Phi) is 5.70. The molecule has 1 aromatic rings. The number of hydrogen-bond donors (Lipinski definition) is 0. The van der Waals surface area contributed by atoms with Crippen molar-refractivity contribution in [1.82, 2.24) is 0 Å². The lowest BCUT2D eigenvalue weighted by atomic mass is 10.2. The van der Waals surface area contributed by atoms with Crippen LogP contribution in [-0.4, -0.2) is 15.4 Å². The molecule has 0 aliphatic carbocycles. The van der Waals surface area contributed by atoms with E-state index in [1.54, 1.807) is 13.2 Å². The molecular weight excluding hydrogens is 256 g/mol. The summed E-state index contributed by atoms with van der Waals surface area (Å²) in [5.41, 5.74) is 1.09. The van der Waals surface area contributed by atoms with Gasteiger partial charge in [0.1, 0.15) is 12.4 Å². The molecule has 3 nitrogen and oxygen atoms in total. The first-order valence-electron chi connectivity index (χ1n) is 6.21. The third-order valence-electron chi connectivity index (χ3n) is 2.17. The van der Waals surface area contributed by atoms with Gasteiger partial charge in [-0.1, -0.05) is 36.9 Å². The van der Waals surface area contributed by atoms with Crippen LogP contribution in [0.5, 0.6) is 0 Å². The van der Waals surface area contributed by atoms with Crippen molar-refractivity contribution >= 4 is 8.32 Å². The Hall–Kier alpha value is -1.68. The summed E-state index contributed by atoms with van der Waals surface area (Å²) in [5.74, 6) is 0.983. The first-order valence-corrected chi connectivity index (χ1v) is 9.62. The quantitative estimate of drug-likeness (QED) is 0.428. The minimum atomic E-state index is -1.73. The summed E-state index contributed by atoms with van der Waals surface area (Å²) in [6.07, 6.45) is 1.68. The number of allylic oxidation sites excluding steroid dienone is 1. The van der Waals surface area contributed by atoms with E-state index in [1.807, 2.05) is 30.3 Å². The summed E-state index contributed by atoms with van der Waals surface area (Å²) in [6, 6.07) is 9.96. The van der Waals surface area contributed by atoms with Gasteiger partial charge in [-0.3, -0.25) is 0 Å². The Balaban J connectivity index is 2.69. The predicted octanol–water partition coefficient (Wildman–Crippen LogP) is 4.06. The van der Waals surface area contributed by atoms with Crippen molar-refractivity contribution in [2.45, 2.75) is 26.2 Å². The van der Waals surface area contributed by atoms with Gasteiger partial charge in [0, 0.05) is 0 Å². The molecule has 0 aliphatic heterocycles. The van der Waals surface area contributed by atoms with Gasteiger partial charge in [-0.2, -0.15) is 0 Å².